The van der Waals surface area contributed by atoms with Crippen LogP contribution in [-0.2, 0) is 16.6 Å². The largest absolute Gasteiger partial charge is 0.291 e. The zero-order valence-corrected chi connectivity index (χ0v) is 14.4. The third kappa shape index (κ3) is 1.72. The van der Waals surface area contributed by atoms with Gasteiger partial charge in [-0.05, 0) is 46.0 Å². The molecule has 3 fully saturated rings. The molecule has 6 atom stereocenters. The molecule has 2 heterocycles. The minimum Gasteiger partial charge on any atom is -0.274 e. The van der Waals surface area contributed by atoms with Crippen LogP contribution in [0.1, 0.15) is 16.9 Å². The van der Waals surface area contributed by atoms with E-state index in [0.29, 0.717) is 16.3 Å². The molecule has 1 aromatic heterocycles. The van der Waals surface area contributed by atoms with Crippen LogP contribution in [0.4, 0.5) is 0 Å². The summed E-state index contributed by atoms with van der Waals surface area (Å²) in [6, 6.07) is 0. The number of nitrogens with one attached hydrogen (secondary N) is 1. The van der Waals surface area contributed by atoms with Crippen LogP contribution in [0, 0.1) is 35.5 Å². The van der Waals surface area contributed by atoms with Crippen LogP contribution < -0.4 is 5.43 Å². The minimum absolute atomic E-state index is 0.143. The molecule has 24 heavy (non-hydrogen) atoms. The molecule has 2 bridgehead atoms. The van der Waals surface area contributed by atoms with Crippen LogP contribution in [0.3, 0.4) is 0 Å². The van der Waals surface area contributed by atoms with Gasteiger partial charge >= 0.3 is 0 Å². The number of imide groups is 1. The predicted molar refractivity (Wildman–Crippen MR) is 84.9 cm³/mol. The Balaban J connectivity index is 1.42. The van der Waals surface area contributed by atoms with Gasteiger partial charge < -0.3 is 0 Å². The van der Waals surface area contributed by atoms with Gasteiger partial charge in [0.15, 0.2) is 5.69 Å². The van der Waals surface area contributed by atoms with Gasteiger partial charge in [-0.2, -0.15) is 10.1 Å². The summed E-state index contributed by atoms with van der Waals surface area (Å²) in [7, 11) is 1.69. The second kappa shape index (κ2) is 4.56. The lowest BCUT2D eigenvalue weighted by atomic mass is 9.63. The van der Waals surface area contributed by atoms with Gasteiger partial charge in [0.05, 0.1) is 16.3 Å². The lowest BCUT2D eigenvalue weighted by Gasteiger charge is -2.37. The molecule has 3 amide bonds. The van der Waals surface area contributed by atoms with Gasteiger partial charge in [0.25, 0.3) is 17.7 Å². The SMILES string of the molecule is Cn1cc(Br)c(C(=O)NN2C(=O)[C@H]3[C@@H]4C=C[C@H]([C@@H]5C[C@H]45)[C@@H]3C2=O)n1. The maximum absolute atomic E-state index is 12.8. The quantitative estimate of drug-likeness (QED) is 0.599. The Morgan fingerprint density at radius 2 is 1.79 bits per heavy atom. The van der Waals surface area contributed by atoms with Crippen molar-refractivity contribution in [3.63, 3.8) is 0 Å². The minimum atomic E-state index is -0.562. The highest BCUT2D eigenvalue weighted by Crippen LogP contribution is 2.65. The molecule has 8 heteroatoms. The molecule has 1 aliphatic heterocycles. The summed E-state index contributed by atoms with van der Waals surface area (Å²) in [4.78, 5) is 38.0. The van der Waals surface area contributed by atoms with E-state index in [1.54, 1.807) is 13.2 Å². The monoisotopic (exact) mass is 390 g/mol. The molecule has 2 saturated carbocycles. The van der Waals surface area contributed by atoms with Crippen LogP contribution in [0.15, 0.2) is 22.8 Å². The first-order chi connectivity index (χ1) is 11.5. The van der Waals surface area contributed by atoms with E-state index >= 15 is 0 Å². The maximum atomic E-state index is 12.8. The standard InChI is InChI=1S/C16H15BrN4O3/c1-20-5-10(17)13(18-20)14(22)19-21-15(23)11-6-2-3-7(9-4-8(6)9)12(11)16(21)24/h2-3,5-9,11-12H,4H2,1H3,(H,19,22)/t6-,7-,8-,9+,11+,12+/m1/s1. The Morgan fingerprint density at radius 1 is 1.21 bits per heavy atom. The topological polar surface area (TPSA) is 84.3 Å². The second-order valence-corrected chi connectivity index (χ2v) is 7.96. The number of halogens is 1. The molecule has 1 N–H and O–H groups in total. The van der Waals surface area contributed by atoms with Gasteiger partial charge in [-0.25, -0.2) is 0 Å². The van der Waals surface area contributed by atoms with Crippen molar-refractivity contribution in [1.29, 1.82) is 0 Å². The highest BCUT2D eigenvalue weighted by molar-refractivity contribution is 9.10. The predicted octanol–water partition coefficient (Wildman–Crippen LogP) is 0.881. The van der Waals surface area contributed by atoms with Crippen molar-refractivity contribution in [2.45, 2.75) is 6.42 Å². The zero-order valence-electron chi connectivity index (χ0n) is 12.8. The summed E-state index contributed by atoms with van der Waals surface area (Å²) in [5.74, 6) is -0.391. The maximum Gasteiger partial charge on any atom is 0.291 e. The first-order valence-electron chi connectivity index (χ1n) is 8.03. The zero-order chi connectivity index (χ0) is 16.7. The smallest absolute Gasteiger partial charge is 0.274 e. The van der Waals surface area contributed by atoms with Crippen molar-refractivity contribution in [2.75, 3.05) is 0 Å². The van der Waals surface area contributed by atoms with Gasteiger partial charge in [0, 0.05) is 13.2 Å². The number of carbonyl (C=O) groups excluding carboxylic acids is 3. The number of hydrogen-bond donors (Lipinski definition) is 1. The van der Waals surface area contributed by atoms with Crippen LogP contribution in [0.5, 0.6) is 0 Å². The first kappa shape index (κ1) is 14.4. The summed E-state index contributed by atoms with van der Waals surface area (Å²) >= 11 is 3.26. The Bertz CT molecular complexity index is 795. The molecule has 5 aliphatic rings. The third-order valence-electron chi connectivity index (χ3n) is 5.88. The van der Waals surface area contributed by atoms with Crippen molar-refractivity contribution in [2.24, 2.45) is 42.6 Å². The van der Waals surface area contributed by atoms with Crippen LogP contribution in [-0.4, -0.2) is 32.5 Å². The normalized spacial score (nSPS) is 38.3. The van der Waals surface area contributed by atoms with E-state index in [-0.39, 0.29) is 41.2 Å². The molecular formula is C16H15BrN4O3. The van der Waals surface area contributed by atoms with Crippen molar-refractivity contribution in [3.05, 3.63) is 28.5 Å². The van der Waals surface area contributed by atoms with E-state index in [0.717, 1.165) is 11.4 Å². The lowest BCUT2D eigenvalue weighted by Crippen LogP contribution is -2.47. The van der Waals surface area contributed by atoms with Crippen molar-refractivity contribution >= 4 is 33.7 Å². The molecule has 0 radical (unpaired) electrons. The summed E-state index contributed by atoms with van der Waals surface area (Å²) < 4.78 is 2.01. The Labute approximate surface area is 146 Å². The number of nitrogens with zero attached hydrogens (tertiary/aromatic N) is 3. The molecular weight excluding hydrogens is 376 g/mol. The van der Waals surface area contributed by atoms with Crippen LogP contribution in [0.25, 0.3) is 0 Å². The number of amides is 3. The lowest BCUT2D eigenvalue weighted by molar-refractivity contribution is -0.143. The van der Waals surface area contributed by atoms with E-state index in [4.69, 9.17) is 0 Å². The average molecular weight is 391 g/mol. The number of carbonyl (C=O) groups is 3. The fourth-order valence-corrected chi connectivity index (χ4v) is 5.39. The van der Waals surface area contributed by atoms with E-state index in [9.17, 15) is 14.4 Å². The molecule has 4 aliphatic carbocycles. The molecule has 0 unspecified atom stereocenters. The van der Waals surface area contributed by atoms with Gasteiger partial charge in [0.2, 0.25) is 0 Å². The van der Waals surface area contributed by atoms with E-state index < -0.39 is 5.91 Å². The summed E-state index contributed by atoms with van der Waals surface area (Å²) in [5.41, 5.74) is 2.62. The van der Waals surface area contributed by atoms with Gasteiger partial charge in [-0.3, -0.25) is 24.5 Å². The molecule has 1 saturated heterocycles. The highest BCUT2D eigenvalue weighted by Gasteiger charge is 2.67. The number of rotatable bonds is 2. The van der Waals surface area contributed by atoms with E-state index in [2.05, 4.69) is 38.6 Å². The van der Waals surface area contributed by atoms with Crippen molar-refractivity contribution < 1.29 is 14.4 Å². The number of aryl methyl sites for hydroxylation is 1. The highest BCUT2D eigenvalue weighted by atomic mass is 79.9. The molecule has 124 valence electrons. The number of hydrogen-bond acceptors (Lipinski definition) is 4. The third-order valence-corrected chi connectivity index (χ3v) is 6.46. The van der Waals surface area contributed by atoms with E-state index in [1.165, 1.54) is 4.68 Å². The fraction of sp³-hybridized carbons (Fsp3) is 0.500. The fourth-order valence-electron chi connectivity index (χ4n) is 4.84. The van der Waals surface area contributed by atoms with E-state index in [1.807, 2.05) is 0 Å². The van der Waals surface area contributed by atoms with Gasteiger partial charge in [-0.1, -0.05) is 12.2 Å². The molecule has 1 aromatic rings. The molecule has 6 rings (SSSR count). The number of hydrazine groups is 1. The second-order valence-electron chi connectivity index (χ2n) is 7.11. The van der Waals surface area contributed by atoms with Crippen molar-refractivity contribution in [3.8, 4) is 0 Å². The van der Waals surface area contributed by atoms with Gasteiger partial charge in [0.1, 0.15) is 0 Å². The van der Waals surface area contributed by atoms with Gasteiger partial charge in [-0.15, -0.1) is 0 Å². The van der Waals surface area contributed by atoms with Crippen molar-refractivity contribution in [1.82, 2.24) is 20.2 Å². The summed E-state index contributed by atoms with van der Waals surface area (Å²) in [6.07, 6.45) is 6.96. The number of aromatic nitrogens is 2. The first-order valence-corrected chi connectivity index (χ1v) is 8.83. The molecule has 7 nitrogen and oxygen atoms in total. The average Bonchev–Trinajstić information content (AvgIpc) is 3.26. The van der Waals surface area contributed by atoms with Crippen LogP contribution >= 0.6 is 15.9 Å². The Kier molecular flexibility index (Phi) is 2.73. The Hall–Kier alpha value is -1.96. The molecule has 0 aromatic carbocycles. The van der Waals surface area contributed by atoms with Crippen LogP contribution in [0.2, 0.25) is 0 Å². The summed E-state index contributed by atoms with van der Waals surface area (Å²) in [6.45, 7) is 0. The Morgan fingerprint density at radius 3 is 2.29 bits per heavy atom. The summed E-state index contributed by atoms with van der Waals surface area (Å²) in [5, 5.41) is 4.98. The molecule has 0 spiro atoms. The number of allylic oxidation sites excluding steroid dienone is 2.